The predicted octanol–water partition coefficient (Wildman–Crippen LogP) is 1.93. The van der Waals surface area contributed by atoms with Crippen LogP contribution in [0.15, 0.2) is 12.1 Å². The van der Waals surface area contributed by atoms with Crippen LogP contribution in [0.25, 0.3) is 0 Å². The quantitative estimate of drug-likeness (QED) is 0.750. The lowest BCUT2D eigenvalue weighted by Gasteiger charge is -2.22. The van der Waals surface area contributed by atoms with E-state index in [1.54, 1.807) is 13.8 Å². The third-order valence-electron chi connectivity index (χ3n) is 2.57. The molecule has 1 aromatic rings. The summed E-state index contributed by atoms with van der Waals surface area (Å²) in [5, 5.41) is 18.5. The molecule has 1 rings (SSSR count). The summed E-state index contributed by atoms with van der Waals surface area (Å²) in [6.07, 6.45) is -7.38. The minimum Gasteiger partial charge on any atom is -0.507 e. The lowest BCUT2D eigenvalue weighted by atomic mass is 9.97. The third kappa shape index (κ3) is 2.89. The van der Waals surface area contributed by atoms with Gasteiger partial charge in [-0.1, -0.05) is 12.1 Å². The van der Waals surface area contributed by atoms with Gasteiger partial charge >= 0.3 is 6.18 Å². The maximum Gasteiger partial charge on any atom is 0.416 e. The second-order valence-electron chi connectivity index (χ2n) is 4.02. The number of hydrogen-bond acceptors (Lipinski definition) is 3. The molecule has 6 heteroatoms. The molecule has 0 saturated heterocycles. The molecule has 0 fully saturated rings. The standard InChI is InChI=1S/C11H14F3NO2/c1-5-3-7(4-6(2)9(5)16)8(15)10(17)11(12,13)14/h3-4,8,10,16-17H,15H2,1-2H3/t8-,10-/m1/s1. The monoisotopic (exact) mass is 249 g/mol. The van der Waals surface area contributed by atoms with Crippen molar-refractivity contribution in [2.45, 2.75) is 32.2 Å². The van der Waals surface area contributed by atoms with Crippen LogP contribution in [-0.4, -0.2) is 22.5 Å². The second-order valence-corrected chi connectivity index (χ2v) is 4.02. The topological polar surface area (TPSA) is 66.5 Å². The molecular formula is C11H14F3NO2. The number of aryl methyl sites for hydroxylation is 2. The molecule has 1 aromatic carbocycles. The van der Waals surface area contributed by atoms with Crippen molar-refractivity contribution in [1.29, 1.82) is 0 Å². The molecule has 3 nitrogen and oxygen atoms in total. The van der Waals surface area contributed by atoms with Gasteiger partial charge in [-0.2, -0.15) is 13.2 Å². The second kappa shape index (κ2) is 4.54. The van der Waals surface area contributed by atoms with Gasteiger partial charge in [0.25, 0.3) is 0 Å². The molecule has 17 heavy (non-hydrogen) atoms. The maximum absolute atomic E-state index is 12.3. The van der Waals surface area contributed by atoms with Crippen LogP contribution in [0.4, 0.5) is 13.2 Å². The van der Waals surface area contributed by atoms with Crippen LogP contribution >= 0.6 is 0 Å². The molecule has 4 N–H and O–H groups in total. The molecule has 0 aliphatic carbocycles. The summed E-state index contributed by atoms with van der Waals surface area (Å²) in [5.74, 6) is 0.0162. The number of nitrogens with two attached hydrogens (primary N) is 1. The number of aliphatic hydroxyl groups is 1. The number of phenolic OH excluding ortho intramolecular Hbond substituents is 1. The fourth-order valence-corrected chi connectivity index (χ4v) is 1.57. The molecular weight excluding hydrogens is 235 g/mol. The first-order valence-electron chi connectivity index (χ1n) is 4.95. The number of phenols is 1. The Bertz CT molecular complexity index is 395. The van der Waals surface area contributed by atoms with Crippen molar-refractivity contribution in [3.8, 4) is 5.75 Å². The van der Waals surface area contributed by atoms with Crippen LogP contribution in [0.3, 0.4) is 0 Å². The molecule has 0 spiro atoms. The van der Waals surface area contributed by atoms with Gasteiger partial charge in [-0.3, -0.25) is 0 Å². The molecule has 0 radical (unpaired) electrons. The maximum atomic E-state index is 12.3. The predicted molar refractivity (Wildman–Crippen MR) is 56.6 cm³/mol. The van der Waals surface area contributed by atoms with E-state index in [9.17, 15) is 18.3 Å². The zero-order valence-electron chi connectivity index (χ0n) is 9.42. The Kier molecular flexibility index (Phi) is 3.68. The van der Waals surface area contributed by atoms with Crippen LogP contribution in [-0.2, 0) is 0 Å². The molecule has 0 saturated carbocycles. The van der Waals surface area contributed by atoms with Crippen molar-refractivity contribution in [2.75, 3.05) is 0 Å². The summed E-state index contributed by atoms with van der Waals surface area (Å²) in [6.45, 7) is 3.11. The highest BCUT2D eigenvalue weighted by atomic mass is 19.4. The number of halogens is 3. The van der Waals surface area contributed by atoms with Crippen molar-refractivity contribution >= 4 is 0 Å². The van der Waals surface area contributed by atoms with Crippen molar-refractivity contribution in [3.63, 3.8) is 0 Å². The van der Waals surface area contributed by atoms with Gasteiger partial charge < -0.3 is 15.9 Å². The molecule has 0 aliphatic heterocycles. The van der Waals surface area contributed by atoms with Gasteiger partial charge in [0.1, 0.15) is 5.75 Å². The average molecular weight is 249 g/mol. The Morgan fingerprint density at radius 1 is 1.18 bits per heavy atom. The van der Waals surface area contributed by atoms with Gasteiger partial charge in [0.15, 0.2) is 6.10 Å². The Balaban J connectivity index is 3.09. The highest BCUT2D eigenvalue weighted by Crippen LogP contribution is 2.31. The van der Waals surface area contributed by atoms with Gasteiger partial charge in [-0.25, -0.2) is 0 Å². The summed E-state index contributed by atoms with van der Waals surface area (Å²) in [5.41, 5.74) is 6.34. The van der Waals surface area contributed by atoms with E-state index in [-0.39, 0.29) is 11.3 Å². The zero-order chi connectivity index (χ0) is 13.4. The van der Waals surface area contributed by atoms with Gasteiger partial charge in [0.05, 0.1) is 6.04 Å². The number of alkyl halides is 3. The largest absolute Gasteiger partial charge is 0.507 e. The van der Waals surface area contributed by atoms with Crippen LogP contribution in [0.5, 0.6) is 5.75 Å². The van der Waals surface area contributed by atoms with E-state index in [0.29, 0.717) is 11.1 Å². The van der Waals surface area contributed by atoms with E-state index in [4.69, 9.17) is 10.8 Å². The molecule has 0 heterocycles. The van der Waals surface area contributed by atoms with Crippen molar-refractivity contribution in [3.05, 3.63) is 28.8 Å². The number of hydrogen-bond donors (Lipinski definition) is 3. The molecule has 0 aliphatic rings. The first-order valence-corrected chi connectivity index (χ1v) is 4.95. The summed E-state index contributed by atoms with van der Waals surface area (Å²) in [6, 6.07) is 1.11. The molecule has 2 atom stereocenters. The third-order valence-corrected chi connectivity index (χ3v) is 2.57. The average Bonchev–Trinajstić information content (AvgIpc) is 2.21. The van der Waals surface area contributed by atoms with Crippen molar-refractivity contribution < 1.29 is 23.4 Å². The Labute approximate surface area is 96.7 Å². The van der Waals surface area contributed by atoms with Crippen LogP contribution < -0.4 is 5.73 Å². The molecule has 0 bridgehead atoms. The first kappa shape index (κ1) is 13.8. The van der Waals surface area contributed by atoms with Gasteiger partial charge in [-0.15, -0.1) is 0 Å². The lowest BCUT2D eigenvalue weighted by Crippen LogP contribution is -2.38. The minimum atomic E-state index is -4.76. The van der Waals surface area contributed by atoms with Crippen molar-refractivity contribution in [1.82, 2.24) is 0 Å². The molecule has 0 unspecified atom stereocenters. The highest BCUT2D eigenvalue weighted by molar-refractivity contribution is 5.43. The van der Waals surface area contributed by atoms with Crippen LogP contribution in [0, 0.1) is 13.8 Å². The van der Waals surface area contributed by atoms with E-state index in [1.807, 2.05) is 0 Å². The zero-order valence-corrected chi connectivity index (χ0v) is 9.42. The number of benzene rings is 1. The summed E-state index contributed by atoms with van der Waals surface area (Å²) >= 11 is 0. The van der Waals surface area contributed by atoms with E-state index in [2.05, 4.69) is 0 Å². The minimum absolute atomic E-state index is 0.0162. The Morgan fingerprint density at radius 2 is 1.59 bits per heavy atom. The van der Waals surface area contributed by atoms with Crippen molar-refractivity contribution in [2.24, 2.45) is 5.73 Å². The summed E-state index contributed by atoms with van der Waals surface area (Å²) in [4.78, 5) is 0. The number of aliphatic hydroxyl groups excluding tert-OH is 1. The van der Waals surface area contributed by atoms with E-state index in [1.165, 1.54) is 12.1 Å². The number of aromatic hydroxyl groups is 1. The normalized spacial score (nSPS) is 15.7. The SMILES string of the molecule is Cc1cc([C@@H](N)[C@@H](O)C(F)(F)F)cc(C)c1O. The highest BCUT2D eigenvalue weighted by Gasteiger charge is 2.42. The summed E-state index contributed by atoms with van der Waals surface area (Å²) in [7, 11) is 0. The fraction of sp³-hybridized carbons (Fsp3) is 0.455. The van der Waals surface area contributed by atoms with E-state index in [0.717, 1.165) is 0 Å². The molecule has 0 aromatic heterocycles. The molecule has 0 amide bonds. The molecule has 96 valence electrons. The van der Waals surface area contributed by atoms with E-state index >= 15 is 0 Å². The van der Waals surface area contributed by atoms with Gasteiger partial charge in [0.2, 0.25) is 0 Å². The van der Waals surface area contributed by atoms with Gasteiger partial charge in [-0.05, 0) is 30.5 Å². The van der Waals surface area contributed by atoms with E-state index < -0.39 is 18.3 Å². The first-order chi connectivity index (χ1) is 7.64. The van der Waals surface area contributed by atoms with Crippen LogP contribution in [0.2, 0.25) is 0 Å². The van der Waals surface area contributed by atoms with Crippen LogP contribution in [0.1, 0.15) is 22.7 Å². The number of rotatable bonds is 2. The smallest absolute Gasteiger partial charge is 0.416 e. The summed E-state index contributed by atoms with van der Waals surface area (Å²) < 4.78 is 36.9. The fourth-order valence-electron chi connectivity index (χ4n) is 1.57. The Morgan fingerprint density at radius 3 is 1.94 bits per heavy atom. The lowest BCUT2D eigenvalue weighted by molar-refractivity contribution is -0.210. The Hall–Kier alpha value is -1.27. The van der Waals surface area contributed by atoms with Gasteiger partial charge in [0, 0.05) is 0 Å².